The fourth-order valence-corrected chi connectivity index (χ4v) is 3.41. The van der Waals surface area contributed by atoms with Gasteiger partial charge in [0.2, 0.25) is 5.91 Å². The van der Waals surface area contributed by atoms with Crippen LogP contribution >= 0.6 is 27.7 Å². The number of ether oxygens (including phenoxy) is 2. The molecule has 0 saturated heterocycles. The summed E-state index contributed by atoms with van der Waals surface area (Å²) < 4.78 is 35.4. The van der Waals surface area contributed by atoms with Gasteiger partial charge in [-0.3, -0.25) is 4.79 Å². The number of hydrogen-bond donors (Lipinski definition) is 1. The van der Waals surface area contributed by atoms with Crippen molar-refractivity contribution >= 4 is 33.6 Å². The van der Waals surface area contributed by atoms with Crippen LogP contribution in [0.3, 0.4) is 0 Å². The minimum Gasteiger partial charge on any atom is -0.493 e. The molecule has 4 nitrogen and oxygen atoms in total. The monoisotopic (exact) mass is 459 g/mol. The Morgan fingerprint density at radius 2 is 1.93 bits per heavy atom. The molecule has 0 radical (unpaired) electrons. The second-order valence-corrected chi connectivity index (χ2v) is 7.60. The zero-order valence-corrected chi connectivity index (χ0v) is 17.1. The first-order chi connectivity index (χ1) is 13.0. The third-order valence-corrected chi connectivity index (χ3v) is 5.13. The summed E-state index contributed by atoms with van der Waals surface area (Å²) >= 11 is 5.00. The third kappa shape index (κ3) is 7.76. The van der Waals surface area contributed by atoms with Crippen LogP contribution in [-0.2, 0) is 11.2 Å². The fourth-order valence-electron chi connectivity index (χ4n) is 2.29. The lowest BCUT2D eigenvalue weighted by molar-refractivity contribution is -0.120. The van der Waals surface area contributed by atoms with E-state index in [-0.39, 0.29) is 17.4 Å². The van der Waals surface area contributed by atoms with Crippen LogP contribution in [0.15, 0.2) is 51.8 Å². The van der Waals surface area contributed by atoms with Crippen molar-refractivity contribution in [3.8, 4) is 11.5 Å². The fraction of sp³-hybridized carbons (Fsp3) is 0.316. The van der Waals surface area contributed by atoms with Gasteiger partial charge in [-0.2, -0.15) is 8.78 Å². The average Bonchev–Trinajstić information content (AvgIpc) is 2.63. The van der Waals surface area contributed by atoms with Gasteiger partial charge in [0.05, 0.1) is 7.11 Å². The molecular weight excluding hydrogens is 440 g/mol. The Labute approximate surface area is 169 Å². The average molecular weight is 460 g/mol. The second-order valence-electron chi connectivity index (χ2n) is 5.52. The van der Waals surface area contributed by atoms with E-state index in [1.807, 2.05) is 24.3 Å². The molecule has 8 heteroatoms. The molecule has 0 heterocycles. The molecule has 0 fully saturated rings. The largest absolute Gasteiger partial charge is 0.493 e. The molecule has 1 amide bonds. The molecule has 0 spiro atoms. The highest BCUT2D eigenvalue weighted by Gasteiger charge is 2.11. The first-order valence-corrected chi connectivity index (χ1v) is 10.0. The topological polar surface area (TPSA) is 47.6 Å². The summed E-state index contributed by atoms with van der Waals surface area (Å²) in [4.78, 5) is 13.0. The number of benzene rings is 2. The van der Waals surface area contributed by atoms with E-state index in [0.29, 0.717) is 25.1 Å². The summed E-state index contributed by atoms with van der Waals surface area (Å²) in [5.74, 6) is 0.870. The molecule has 1 N–H and O–H groups in total. The van der Waals surface area contributed by atoms with Gasteiger partial charge in [0.25, 0.3) is 0 Å². The molecule has 27 heavy (non-hydrogen) atoms. The van der Waals surface area contributed by atoms with Crippen molar-refractivity contribution in [2.75, 3.05) is 19.4 Å². The van der Waals surface area contributed by atoms with Gasteiger partial charge in [-0.1, -0.05) is 22.0 Å². The van der Waals surface area contributed by atoms with Gasteiger partial charge in [-0.05, 0) is 48.4 Å². The lowest BCUT2D eigenvalue weighted by atomic mass is 10.1. The number of thioether (sulfide) groups is 1. The Bertz CT molecular complexity index is 744. The molecule has 2 rings (SSSR count). The molecule has 146 valence electrons. The number of rotatable bonds is 10. The van der Waals surface area contributed by atoms with Gasteiger partial charge >= 0.3 is 6.61 Å². The van der Waals surface area contributed by atoms with Gasteiger partial charge in [-0.15, -0.1) is 11.8 Å². The summed E-state index contributed by atoms with van der Waals surface area (Å²) in [6.07, 6.45) is 0.915. The third-order valence-electron chi connectivity index (χ3n) is 3.59. The number of amides is 1. The summed E-state index contributed by atoms with van der Waals surface area (Å²) in [6.45, 7) is -2.50. The van der Waals surface area contributed by atoms with Crippen LogP contribution in [0.1, 0.15) is 12.0 Å². The van der Waals surface area contributed by atoms with Gasteiger partial charge in [0.1, 0.15) is 0 Å². The number of hydrogen-bond acceptors (Lipinski definition) is 4. The summed E-state index contributed by atoms with van der Waals surface area (Å²) in [7, 11) is 1.39. The quantitative estimate of drug-likeness (QED) is 0.513. The molecule has 2 aromatic rings. The number of halogens is 3. The zero-order valence-electron chi connectivity index (χ0n) is 14.7. The Kier molecular flexibility index (Phi) is 8.87. The van der Waals surface area contributed by atoms with Crippen LogP contribution in [0.4, 0.5) is 8.78 Å². The van der Waals surface area contributed by atoms with E-state index in [9.17, 15) is 13.6 Å². The van der Waals surface area contributed by atoms with Crippen molar-refractivity contribution in [1.29, 1.82) is 0 Å². The second kappa shape index (κ2) is 11.1. The lowest BCUT2D eigenvalue weighted by Gasteiger charge is -2.12. The molecule has 0 atom stereocenters. The van der Waals surface area contributed by atoms with E-state index in [1.54, 1.807) is 23.9 Å². The van der Waals surface area contributed by atoms with Crippen LogP contribution in [0, 0.1) is 0 Å². The van der Waals surface area contributed by atoms with Crippen molar-refractivity contribution in [3.63, 3.8) is 0 Å². The standard InChI is InChI=1S/C19H20BrF2NO3S/c1-25-16-7-2-13(12-17(16)26-19(21)22)8-10-23-18(24)9-11-27-15-5-3-14(20)4-6-15/h2-7,12,19H,8-11H2,1H3,(H,23,24). The molecule has 2 aromatic carbocycles. The maximum atomic E-state index is 12.4. The zero-order chi connectivity index (χ0) is 19.6. The highest BCUT2D eigenvalue weighted by atomic mass is 79.9. The molecular formula is C19H20BrF2NO3S. The molecule has 0 aliphatic carbocycles. The molecule has 0 bridgehead atoms. The first kappa shape index (κ1) is 21.5. The van der Waals surface area contributed by atoms with Crippen molar-refractivity contribution in [1.82, 2.24) is 5.32 Å². The molecule has 0 aromatic heterocycles. The number of carbonyl (C=O) groups is 1. The van der Waals surface area contributed by atoms with Gasteiger partial charge in [0, 0.05) is 28.1 Å². The van der Waals surface area contributed by atoms with Crippen molar-refractivity contribution < 1.29 is 23.0 Å². The number of alkyl halides is 2. The summed E-state index contributed by atoms with van der Waals surface area (Å²) in [5, 5.41) is 2.84. The highest BCUT2D eigenvalue weighted by Crippen LogP contribution is 2.29. The lowest BCUT2D eigenvalue weighted by Crippen LogP contribution is -2.25. The highest BCUT2D eigenvalue weighted by molar-refractivity contribution is 9.10. The molecule has 0 aliphatic rings. The van der Waals surface area contributed by atoms with E-state index < -0.39 is 6.61 Å². The number of carbonyl (C=O) groups excluding carboxylic acids is 1. The maximum absolute atomic E-state index is 12.4. The van der Waals surface area contributed by atoms with Crippen molar-refractivity contribution in [3.05, 3.63) is 52.5 Å². The summed E-state index contributed by atoms with van der Waals surface area (Å²) in [5.41, 5.74) is 0.774. The van der Waals surface area contributed by atoms with Crippen molar-refractivity contribution in [2.24, 2.45) is 0 Å². The first-order valence-electron chi connectivity index (χ1n) is 8.24. The van der Waals surface area contributed by atoms with E-state index in [0.717, 1.165) is 14.9 Å². The van der Waals surface area contributed by atoms with E-state index in [1.165, 1.54) is 13.2 Å². The molecule has 0 aliphatic heterocycles. The van der Waals surface area contributed by atoms with Crippen LogP contribution in [-0.4, -0.2) is 31.9 Å². The van der Waals surface area contributed by atoms with Gasteiger partial charge in [0.15, 0.2) is 11.5 Å². The molecule has 0 unspecified atom stereocenters. The summed E-state index contributed by atoms with van der Waals surface area (Å²) in [6, 6.07) is 12.7. The van der Waals surface area contributed by atoms with Crippen LogP contribution in [0.2, 0.25) is 0 Å². The van der Waals surface area contributed by atoms with Gasteiger partial charge in [-0.25, -0.2) is 0 Å². The van der Waals surface area contributed by atoms with E-state index in [4.69, 9.17) is 4.74 Å². The van der Waals surface area contributed by atoms with Crippen molar-refractivity contribution in [2.45, 2.75) is 24.3 Å². The van der Waals surface area contributed by atoms with Crippen LogP contribution < -0.4 is 14.8 Å². The van der Waals surface area contributed by atoms with E-state index in [2.05, 4.69) is 26.0 Å². The van der Waals surface area contributed by atoms with Crippen LogP contribution in [0.5, 0.6) is 11.5 Å². The van der Waals surface area contributed by atoms with Gasteiger partial charge < -0.3 is 14.8 Å². The predicted molar refractivity (Wildman–Crippen MR) is 106 cm³/mol. The normalized spacial score (nSPS) is 10.7. The Morgan fingerprint density at radius 3 is 2.59 bits per heavy atom. The van der Waals surface area contributed by atoms with E-state index >= 15 is 0 Å². The minimum absolute atomic E-state index is 0.0118. The maximum Gasteiger partial charge on any atom is 0.387 e. The predicted octanol–water partition coefficient (Wildman–Crippen LogP) is 4.90. The number of nitrogens with one attached hydrogen (secondary N) is 1. The Balaban J connectivity index is 1.73. The van der Waals surface area contributed by atoms with Crippen LogP contribution in [0.25, 0.3) is 0 Å². The molecule has 0 saturated carbocycles. The minimum atomic E-state index is -2.92. The number of methoxy groups -OCH3 is 1. The SMILES string of the molecule is COc1ccc(CCNC(=O)CCSc2ccc(Br)cc2)cc1OC(F)F. The Morgan fingerprint density at radius 1 is 1.19 bits per heavy atom. The smallest absolute Gasteiger partial charge is 0.387 e. The Hall–Kier alpha value is -1.80.